The SMILES string of the molecule is CCCCC1=Nc2ccccc2[N+]1(Cc1ccc(-c2ccccc2-c2nn[nH]n2)cc1)N1C(=O)CC(C)(C)CC1=O. The Bertz CT molecular complexity index is 1610. The minimum Gasteiger partial charge on any atom is -0.269 e. The van der Waals surface area contributed by atoms with Crippen molar-refractivity contribution in [3.8, 4) is 22.5 Å². The van der Waals surface area contributed by atoms with Gasteiger partial charge in [-0.15, -0.1) is 19.8 Å². The van der Waals surface area contributed by atoms with Crippen LogP contribution in [0.5, 0.6) is 0 Å². The van der Waals surface area contributed by atoms with Crippen molar-refractivity contribution in [2.45, 2.75) is 59.4 Å². The number of hydrogen-bond acceptors (Lipinski definition) is 6. The number of aromatic amines is 1. The van der Waals surface area contributed by atoms with Gasteiger partial charge in [-0.3, -0.25) is 9.59 Å². The molecule has 1 aromatic heterocycles. The van der Waals surface area contributed by atoms with Crippen LogP contribution in [-0.2, 0) is 16.1 Å². The molecule has 0 radical (unpaired) electrons. The number of hydrogen-bond donors (Lipinski definition) is 1. The predicted molar refractivity (Wildman–Crippen MR) is 158 cm³/mol. The molecule has 1 fully saturated rings. The average Bonchev–Trinajstić information content (AvgIpc) is 3.59. The molecule has 3 aromatic carbocycles. The molecule has 0 spiro atoms. The molecule has 1 saturated heterocycles. The summed E-state index contributed by atoms with van der Waals surface area (Å²) in [5.74, 6) is 1.06. The summed E-state index contributed by atoms with van der Waals surface area (Å²) in [7, 11) is 0. The van der Waals surface area contributed by atoms with Gasteiger partial charge in [-0.25, -0.2) is 0 Å². The Kier molecular flexibility index (Phi) is 6.83. The fourth-order valence-electron chi connectivity index (χ4n) is 6.09. The Labute approximate surface area is 239 Å². The fourth-order valence-corrected chi connectivity index (χ4v) is 6.09. The number of imide groups is 1. The molecule has 0 aliphatic carbocycles. The number of quaternary nitrogens is 1. The number of aromatic nitrogens is 4. The third-order valence-corrected chi connectivity index (χ3v) is 7.97. The van der Waals surface area contributed by atoms with Crippen LogP contribution in [0.2, 0.25) is 0 Å². The second kappa shape index (κ2) is 10.5. The van der Waals surface area contributed by atoms with Crippen molar-refractivity contribution in [1.29, 1.82) is 0 Å². The Morgan fingerprint density at radius 1 is 0.902 bits per heavy atom. The molecule has 0 bridgehead atoms. The Morgan fingerprint density at radius 2 is 1.59 bits per heavy atom. The van der Waals surface area contributed by atoms with Gasteiger partial charge in [-0.2, -0.15) is 10.2 Å². The van der Waals surface area contributed by atoms with Gasteiger partial charge in [0.25, 0.3) is 11.8 Å². The van der Waals surface area contributed by atoms with Crippen LogP contribution < -0.4 is 4.59 Å². The molecule has 1 atom stereocenters. The van der Waals surface area contributed by atoms with E-state index in [4.69, 9.17) is 4.99 Å². The molecule has 6 rings (SSSR count). The van der Waals surface area contributed by atoms with Crippen molar-refractivity contribution >= 4 is 29.0 Å². The Balaban J connectivity index is 1.44. The standard InChI is InChI=1S/C32H34N7O2/c1-4-5-14-28-33-26-12-8-9-13-27(26)39(28,38-29(40)19-32(2,3)20-30(38)41)21-22-15-17-23(18-16-22)24-10-6-7-11-25(24)31-34-36-37-35-31/h6-13,15-18H,4-5,14,19-21H2,1-3H3,(H,34,35,36,37)/q+1. The van der Waals surface area contributed by atoms with Crippen LogP contribution in [0.1, 0.15) is 58.4 Å². The molecular formula is C32H34N7O2+. The van der Waals surface area contributed by atoms with Crippen LogP contribution in [0.4, 0.5) is 11.4 Å². The van der Waals surface area contributed by atoms with Gasteiger partial charge in [-0.05, 0) is 34.2 Å². The van der Waals surface area contributed by atoms with Gasteiger partial charge in [0.1, 0.15) is 12.2 Å². The summed E-state index contributed by atoms with van der Waals surface area (Å²) in [5.41, 5.74) is 5.19. The highest BCUT2D eigenvalue weighted by atomic mass is 16.2. The van der Waals surface area contributed by atoms with Crippen LogP contribution in [0.25, 0.3) is 22.5 Å². The lowest BCUT2D eigenvalue weighted by atomic mass is 9.82. The number of fused-ring (bicyclic) bond motifs is 1. The number of carbonyl (C=O) groups excluding carboxylic acids is 2. The lowest BCUT2D eigenvalue weighted by Crippen LogP contribution is -2.69. The minimum absolute atomic E-state index is 0.00269. The smallest absolute Gasteiger partial charge is 0.269 e. The topological polar surface area (TPSA) is 104 Å². The summed E-state index contributed by atoms with van der Waals surface area (Å²) in [6, 6.07) is 24.1. The van der Waals surface area contributed by atoms with Gasteiger partial charge in [0.15, 0.2) is 5.69 Å². The number of nitrogens with zero attached hydrogens (tertiary/aromatic N) is 6. The molecule has 9 nitrogen and oxygen atoms in total. The Morgan fingerprint density at radius 3 is 2.27 bits per heavy atom. The number of piperidine rings is 1. The van der Waals surface area contributed by atoms with Gasteiger partial charge in [-0.1, -0.05) is 87.9 Å². The summed E-state index contributed by atoms with van der Waals surface area (Å²) in [6.45, 7) is 6.52. The van der Waals surface area contributed by atoms with Gasteiger partial charge < -0.3 is 0 Å². The van der Waals surface area contributed by atoms with Crippen LogP contribution in [0.3, 0.4) is 0 Å². The van der Waals surface area contributed by atoms with Crippen LogP contribution in [0, 0.1) is 5.41 Å². The summed E-state index contributed by atoms with van der Waals surface area (Å²) in [4.78, 5) is 32.7. The maximum Gasteiger partial charge on any atom is 0.277 e. The second-order valence-electron chi connectivity index (χ2n) is 11.6. The molecule has 9 heteroatoms. The molecule has 4 aromatic rings. The number of carbonyl (C=O) groups is 2. The molecule has 3 heterocycles. The van der Waals surface area contributed by atoms with Crippen molar-refractivity contribution in [3.63, 3.8) is 0 Å². The summed E-state index contributed by atoms with van der Waals surface area (Å²) >= 11 is 0. The van der Waals surface area contributed by atoms with E-state index < -0.39 is 0 Å². The van der Waals surface area contributed by atoms with E-state index in [9.17, 15) is 9.59 Å². The number of rotatable bonds is 8. The molecule has 2 aliphatic rings. The lowest BCUT2D eigenvalue weighted by Gasteiger charge is -2.45. The first-order chi connectivity index (χ1) is 19.8. The quantitative estimate of drug-likeness (QED) is 0.204. The van der Waals surface area contributed by atoms with Crippen molar-refractivity contribution in [2.24, 2.45) is 10.4 Å². The van der Waals surface area contributed by atoms with Crippen molar-refractivity contribution in [2.75, 3.05) is 0 Å². The number of tetrazole rings is 1. The highest BCUT2D eigenvalue weighted by molar-refractivity contribution is 6.09. The van der Waals surface area contributed by atoms with E-state index in [1.165, 1.54) is 5.01 Å². The zero-order chi connectivity index (χ0) is 28.6. The number of unbranched alkanes of at least 4 members (excludes halogenated alkanes) is 1. The molecular weight excluding hydrogens is 514 g/mol. The summed E-state index contributed by atoms with van der Waals surface area (Å²) in [5, 5.41) is 16.1. The largest absolute Gasteiger partial charge is 0.277 e. The third-order valence-electron chi connectivity index (χ3n) is 7.97. The number of aliphatic imine (C=N–C) groups is 1. The van der Waals surface area contributed by atoms with Crippen molar-refractivity contribution in [3.05, 3.63) is 78.4 Å². The van der Waals surface area contributed by atoms with Gasteiger partial charge in [0.2, 0.25) is 11.7 Å². The van der Waals surface area contributed by atoms with Crippen LogP contribution >= 0.6 is 0 Å². The average molecular weight is 549 g/mol. The number of H-pyrrole nitrogens is 1. The van der Waals surface area contributed by atoms with E-state index >= 15 is 0 Å². The normalized spacial score (nSPS) is 19.8. The number of benzene rings is 3. The first-order valence-electron chi connectivity index (χ1n) is 14.2. The molecule has 208 valence electrons. The fraction of sp³-hybridized carbons (Fsp3) is 0.312. The molecule has 1 N–H and O–H groups in total. The molecule has 1 unspecified atom stereocenters. The number of nitrogens with one attached hydrogen (secondary N) is 1. The zero-order valence-corrected chi connectivity index (χ0v) is 23.7. The summed E-state index contributed by atoms with van der Waals surface area (Å²) in [6.07, 6.45) is 3.22. The number of amidine groups is 1. The highest BCUT2D eigenvalue weighted by Crippen LogP contribution is 2.47. The van der Waals surface area contributed by atoms with E-state index in [1.807, 2.05) is 62.4 Å². The molecule has 0 saturated carbocycles. The Hall–Kier alpha value is -4.50. The first-order valence-corrected chi connectivity index (χ1v) is 14.2. The number of amides is 2. The highest BCUT2D eigenvalue weighted by Gasteiger charge is 2.56. The number of para-hydroxylation sites is 2. The van der Waals surface area contributed by atoms with Crippen molar-refractivity contribution < 1.29 is 9.59 Å². The lowest BCUT2D eigenvalue weighted by molar-refractivity contribution is -0.165. The molecule has 2 amide bonds. The molecule has 41 heavy (non-hydrogen) atoms. The van der Waals surface area contributed by atoms with E-state index in [1.54, 1.807) is 0 Å². The first kappa shape index (κ1) is 26.7. The van der Waals surface area contributed by atoms with E-state index in [0.717, 1.165) is 52.3 Å². The second-order valence-corrected chi connectivity index (χ2v) is 11.6. The van der Waals surface area contributed by atoms with E-state index in [-0.39, 0.29) is 21.8 Å². The van der Waals surface area contributed by atoms with Gasteiger partial charge in [0.05, 0.1) is 0 Å². The molecule has 2 aliphatic heterocycles. The third kappa shape index (κ3) is 4.76. The zero-order valence-electron chi connectivity index (χ0n) is 23.7. The van der Waals surface area contributed by atoms with E-state index in [0.29, 0.717) is 31.6 Å². The minimum atomic E-state index is -0.373. The van der Waals surface area contributed by atoms with E-state index in [2.05, 4.69) is 51.8 Å². The maximum absolute atomic E-state index is 13.8. The van der Waals surface area contributed by atoms with Gasteiger partial charge in [0, 0.05) is 36.5 Å². The monoisotopic (exact) mass is 548 g/mol. The van der Waals surface area contributed by atoms with Crippen molar-refractivity contribution in [1.82, 2.24) is 30.2 Å². The van der Waals surface area contributed by atoms with Crippen LogP contribution in [-0.4, -0.2) is 43.3 Å². The van der Waals surface area contributed by atoms with Gasteiger partial charge >= 0.3 is 0 Å². The maximum atomic E-state index is 13.8. The van der Waals surface area contributed by atoms with Crippen LogP contribution in [0.15, 0.2) is 77.8 Å². The summed E-state index contributed by atoms with van der Waals surface area (Å²) < 4.78 is 0.00269. The predicted octanol–water partition coefficient (Wildman–Crippen LogP) is 6.37.